The third-order valence-electron chi connectivity index (χ3n) is 2.43. The highest BCUT2D eigenvalue weighted by Gasteiger charge is 1.96. The molecule has 0 fully saturated rings. The molecule has 1 N–H and O–H groups in total. The summed E-state index contributed by atoms with van der Waals surface area (Å²) >= 11 is 5.96. The molecule has 5 heteroatoms. The topological polar surface area (TPSA) is 41.6 Å². The molecule has 92 valence electrons. The van der Waals surface area contributed by atoms with Crippen molar-refractivity contribution in [2.75, 3.05) is 11.5 Å². The molecule has 16 heavy (non-hydrogen) atoms. The Labute approximate surface area is 108 Å². The van der Waals surface area contributed by atoms with Crippen LogP contribution in [0.15, 0.2) is 11.5 Å². The van der Waals surface area contributed by atoms with Crippen LogP contribution in [0, 0.1) is 0 Å². The molecule has 0 saturated carbocycles. The molecule has 0 aliphatic carbocycles. The Morgan fingerprint density at radius 1 is 1.06 bits per heavy atom. The number of H-pyrrole nitrogens is 1. The van der Waals surface area contributed by atoms with Crippen LogP contribution in [0.5, 0.6) is 0 Å². The number of rotatable bonds is 10. The van der Waals surface area contributed by atoms with Crippen LogP contribution in [0.4, 0.5) is 0 Å². The number of hydrogen-bond acceptors (Lipinski definition) is 4. The van der Waals surface area contributed by atoms with E-state index in [9.17, 15) is 0 Å². The van der Waals surface area contributed by atoms with Crippen LogP contribution in [-0.2, 0) is 0 Å². The van der Waals surface area contributed by atoms with Crippen LogP contribution in [0.1, 0.15) is 44.9 Å². The number of aromatic amines is 1. The highest BCUT2D eigenvalue weighted by molar-refractivity contribution is 7.99. The Morgan fingerprint density at radius 2 is 1.75 bits per heavy atom. The Balaban J connectivity index is 1.78. The summed E-state index contributed by atoms with van der Waals surface area (Å²) in [4.78, 5) is 4.07. The van der Waals surface area contributed by atoms with Gasteiger partial charge in [0, 0.05) is 5.75 Å². The van der Waals surface area contributed by atoms with E-state index in [1.807, 2.05) is 0 Å². The van der Waals surface area contributed by atoms with Crippen molar-refractivity contribution in [2.45, 2.75) is 50.1 Å². The monoisotopic (exact) mass is 259 g/mol. The predicted molar refractivity (Wildman–Crippen MR) is 73.3 cm³/mol. The van der Waals surface area contributed by atoms with E-state index in [4.69, 9.17) is 0 Å². The van der Waals surface area contributed by atoms with Crippen LogP contribution in [0.3, 0.4) is 0 Å². The fourth-order valence-corrected chi connectivity index (χ4v) is 2.53. The van der Waals surface area contributed by atoms with Crippen LogP contribution in [0.25, 0.3) is 0 Å². The van der Waals surface area contributed by atoms with Crippen molar-refractivity contribution >= 4 is 24.4 Å². The fourth-order valence-electron chi connectivity index (χ4n) is 1.53. The van der Waals surface area contributed by atoms with Crippen molar-refractivity contribution in [3.05, 3.63) is 6.33 Å². The molecule has 0 saturated heterocycles. The molecule has 1 heterocycles. The van der Waals surface area contributed by atoms with E-state index in [1.54, 1.807) is 18.1 Å². The molecular formula is C11H21N3S2. The molecule has 0 aliphatic heterocycles. The molecule has 3 nitrogen and oxygen atoms in total. The zero-order chi connectivity index (χ0) is 11.5. The Hall–Kier alpha value is -0.160. The quantitative estimate of drug-likeness (QED) is 0.383. The van der Waals surface area contributed by atoms with Gasteiger partial charge in [0.1, 0.15) is 6.33 Å². The zero-order valence-electron chi connectivity index (χ0n) is 9.69. The number of nitrogens with one attached hydrogen (secondary N) is 1. The maximum Gasteiger partial charge on any atom is 0.183 e. The lowest BCUT2D eigenvalue weighted by molar-refractivity contribution is 0.605. The first kappa shape index (κ1) is 13.9. The zero-order valence-corrected chi connectivity index (χ0v) is 11.4. The minimum atomic E-state index is 0.939. The maximum atomic E-state index is 4.20. The van der Waals surface area contributed by atoms with Gasteiger partial charge in [0.15, 0.2) is 5.16 Å². The van der Waals surface area contributed by atoms with Crippen molar-refractivity contribution in [1.29, 1.82) is 0 Å². The third-order valence-corrected chi connectivity index (χ3v) is 3.71. The van der Waals surface area contributed by atoms with Gasteiger partial charge in [0.25, 0.3) is 0 Å². The van der Waals surface area contributed by atoms with Gasteiger partial charge in [-0.15, -0.1) is 0 Å². The van der Waals surface area contributed by atoms with E-state index in [1.165, 1.54) is 44.9 Å². The van der Waals surface area contributed by atoms with Gasteiger partial charge in [-0.3, -0.25) is 5.10 Å². The molecule has 0 spiro atoms. The summed E-state index contributed by atoms with van der Waals surface area (Å²) in [6.45, 7) is 0. The summed E-state index contributed by atoms with van der Waals surface area (Å²) in [5.74, 6) is 2.18. The summed E-state index contributed by atoms with van der Waals surface area (Å²) in [5.41, 5.74) is 0. The van der Waals surface area contributed by atoms with Crippen LogP contribution in [-0.4, -0.2) is 26.7 Å². The van der Waals surface area contributed by atoms with E-state index in [2.05, 4.69) is 27.8 Å². The first-order valence-corrected chi connectivity index (χ1v) is 7.64. The molecule has 0 aromatic carbocycles. The van der Waals surface area contributed by atoms with E-state index in [0.29, 0.717) is 0 Å². The third kappa shape index (κ3) is 7.17. The molecule has 0 atom stereocenters. The first-order chi connectivity index (χ1) is 7.93. The van der Waals surface area contributed by atoms with Gasteiger partial charge < -0.3 is 0 Å². The summed E-state index contributed by atoms with van der Waals surface area (Å²) in [7, 11) is 0. The standard InChI is InChI=1S/C11H21N3S2/c15-8-6-4-2-1-3-5-7-9-16-11-12-10-13-14-11/h10,15H,1-9H2,(H,12,13,14). The summed E-state index contributed by atoms with van der Waals surface area (Å²) in [5, 5.41) is 7.61. The summed E-state index contributed by atoms with van der Waals surface area (Å²) in [6, 6.07) is 0. The van der Waals surface area contributed by atoms with Gasteiger partial charge in [-0.1, -0.05) is 43.9 Å². The van der Waals surface area contributed by atoms with Gasteiger partial charge in [-0.25, -0.2) is 4.98 Å². The number of hydrogen-bond donors (Lipinski definition) is 2. The predicted octanol–water partition coefficient (Wildman–Crippen LogP) is 3.56. The Kier molecular flexibility index (Phi) is 8.71. The van der Waals surface area contributed by atoms with Gasteiger partial charge in [-0.2, -0.15) is 17.7 Å². The van der Waals surface area contributed by atoms with E-state index < -0.39 is 0 Å². The lowest BCUT2D eigenvalue weighted by Crippen LogP contribution is -1.84. The maximum absolute atomic E-state index is 4.20. The van der Waals surface area contributed by atoms with Gasteiger partial charge in [0.2, 0.25) is 0 Å². The number of thiol groups is 1. The second kappa shape index (κ2) is 10.0. The van der Waals surface area contributed by atoms with E-state index >= 15 is 0 Å². The van der Waals surface area contributed by atoms with Crippen LogP contribution >= 0.6 is 24.4 Å². The molecule has 0 aliphatic rings. The number of thioether (sulfide) groups is 1. The lowest BCUT2D eigenvalue weighted by Gasteiger charge is -2.00. The van der Waals surface area contributed by atoms with Crippen molar-refractivity contribution in [2.24, 2.45) is 0 Å². The van der Waals surface area contributed by atoms with Gasteiger partial charge in [0.05, 0.1) is 0 Å². The van der Waals surface area contributed by atoms with Crippen molar-refractivity contribution in [3.8, 4) is 0 Å². The molecular weight excluding hydrogens is 238 g/mol. The summed E-state index contributed by atoms with van der Waals surface area (Å²) < 4.78 is 0. The largest absolute Gasteiger partial charge is 0.254 e. The molecule has 1 aromatic heterocycles. The van der Waals surface area contributed by atoms with Crippen molar-refractivity contribution in [1.82, 2.24) is 15.2 Å². The minimum absolute atomic E-state index is 0.939. The normalized spacial score (nSPS) is 10.8. The molecule has 0 unspecified atom stereocenters. The number of unbranched alkanes of at least 4 members (excludes halogenated alkanes) is 6. The van der Waals surface area contributed by atoms with Crippen molar-refractivity contribution in [3.63, 3.8) is 0 Å². The molecule has 1 aromatic rings. The smallest absolute Gasteiger partial charge is 0.183 e. The van der Waals surface area contributed by atoms with E-state index in [0.717, 1.165) is 16.7 Å². The van der Waals surface area contributed by atoms with E-state index in [-0.39, 0.29) is 0 Å². The van der Waals surface area contributed by atoms with Crippen molar-refractivity contribution < 1.29 is 0 Å². The van der Waals surface area contributed by atoms with Gasteiger partial charge in [-0.05, 0) is 18.6 Å². The SMILES string of the molecule is SCCCCCCCCCSc1ncn[nH]1. The fraction of sp³-hybridized carbons (Fsp3) is 0.818. The summed E-state index contributed by atoms with van der Waals surface area (Å²) in [6.07, 6.45) is 10.9. The highest BCUT2D eigenvalue weighted by atomic mass is 32.2. The Morgan fingerprint density at radius 3 is 2.38 bits per heavy atom. The molecule has 0 amide bonds. The second-order valence-corrected chi connectivity index (χ2v) is 5.37. The minimum Gasteiger partial charge on any atom is -0.254 e. The number of nitrogens with zero attached hydrogens (tertiary/aromatic N) is 2. The molecule has 1 rings (SSSR count). The van der Waals surface area contributed by atoms with Crippen LogP contribution < -0.4 is 0 Å². The second-order valence-electron chi connectivity index (χ2n) is 3.84. The average molecular weight is 259 g/mol. The first-order valence-electron chi connectivity index (χ1n) is 6.02. The highest BCUT2D eigenvalue weighted by Crippen LogP contribution is 2.15. The van der Waals surface area contributed by atoms with Crippen LogP contribution in [0.2, 0.25) is 0 Å². The lowest BCUT2D eigenvalue weighted by atomic mass is 10.1. The molecule has 0 bridgehead atoms. The Bertz CT molecular complexity index is 239. The number of aromatic nitrogens is 3. The van der Waals surface area contributed by atoms with Gasteiger partial charge >= 0.3 is 0 Å². The average Bonchev–Trinajstić information content (AvgIpc) is 2.80. The molecule has 0 radical (unpaired) electrons.